The topological polar surface area (TPSA) is 88.2 Å². The van der Waals surface area contributed by atoms with Gasteiger partial charge in [-0.1, -0.05) is 0 Å². The smallest absolute Gasteiger partial charge is 0.329 e. The van der Waals surface area contributed by atoms with E-state index in [-0.39, 0.29) is 29.0 Å². The van der Waals surface area contributed by atoms with Gasteiger partial charge in [0.05, 0.1) is 0 Å². The molecule has 6 heteroatoms. The zero-order valence-electron chi connectivity index (χ0n) is 5.10. The molecular formula is C3H7MgN3O2. The molecule has 0 fully saturated rings. The molecular weight excluding hydrogens is 134 g/mol. The van der Waals surface area contributed by atoms with Crippen molar-refractivity contribution in [3.63, 3.8) is 0 Å². The normalized spacial score (nSPS) is 6.78. The summed E-state index contributed by atoms with van der Waals surface area (Å²) in [6.07, 6.45) is 0. The van der Waals surface area contributed by atoms with Crippen LogP contribution in [-0.2, 0) is 9.63 Å². The highest BCUT2D eigenvalue weighted by atomic mass is 24.3. The van der Waals surface area contributed by atoms with Crippen molar-refractivity contribution >= 4 is 35.0 Å². The zero-order chi connectivity index (χ0) is 6.57. The number of nitrogens with two attached hydrogens (primary N) is 1. The standard InChI is InChI=1S/C3H7N3O2.Mg/c1-2(7)8-6-3(4)5;/h1H3,(H4,4,5,6);. The van der Waals surface area contributed by atoms with E-state index in [9.17, 15) is 4.79 Å². The summed E-state index contributed by atoms with van der Waals surface area (Å²) in [5.41, 5.74) is 6.59. The van der Waals surface area contributed by atoms with Crippen LogP contribution in [0.25, 0.3) is 0 Å². The molecule has 0 spiro atoms. The van der Waals surface area contributed by atoms with Crippen LogP contribution in [0.4, 0.5) is 0 Å². The van der Waals surface area contributed by atoms with Crippen LogP contribution < -0.4 is 11.2 Å². The van der Waals surface area contributed by atoms with E-state index in [1.165, 1.54) is 6.92 Å². The SMILES string of the molecule is CC(=O)ONC(=N)N.[Mg]. The maximum absolute atomic E-state index is 9.91. The van der Waals surface area contributed by atoms with E-state index in [1.807, 2.05) is 5.48 Å². The minimum Gasteiger partial charge on any atom is -0.368 e. The number of hydrogen-bond acceptors (Lipinski definition) is 3. The Bertz CT molecular complexity index is 102. The summed E-state index contributed by atoms with van der Waals surface area (Å²) < 4.78 is 0. The van der Waals surface area contributed by atoms with Gasteiger partial charge in [-0.15, -0.1) is 0 Å². The number of carbonyl (C=O) groups excluding carboxylic acids is 1. The zero-order valence-corrected chi connectivity index (χ0v) is 6.52. The molecule has 0 aliphatic heterocycles. The molecule has 0 bridgehead atoms. The van der Waals surface area contributed by atoms with E-state index < -0.39 is 5.97 Å². The number of hydroxylamine groups is 1. The molecule has 0 aromatic heterocycles. The van der Waals surface area contributed by atoms with Gasteiger partial charge >= 0.3 is 5.97 Å². The number of guanidine groups is 1. The minimum atomic E-state index is -0.528. The van der Waals surface area contributed by atoms with E-state index in [4.69, 9.17) is 11.1 Å². The largest absolute Gasteiger partial charge is 0.368 e. The molecule has 4 N–H and O–H groups in total. The Morgan fingerprint density at radius 1 is 1.78 bits per heavy atom. The van der Waals surface area contributed by atoms with E-state index >= 15 is 0 Å². The summed E-state index contributed by atoms with van der Waals surface area (Å²) in [6, 6.07) is 0. The summed E-state index contributed by atoms with van der Waals surface area (Å²) in [6.45, 7) is 1.20. The Hall–Kier alpha value is -0.494. The molecule has 0 aromatic rings. The number of nitrogens with one attached hydrogen (secondary N) is 2. The van der Waals surface area contributed by atoms with Crippen LogP contribution in [0.2, 0.25) is 0 Å². The Morgan fingerprint density at radius 3 is 2.33 bits per heavy atom. The second-order valence-corrected chi connectivity index (χ2v) is 1.11. The summed E-state index contributed by atoms with van der Waals surface area (Å²) in [5.74, 6) is -0.916. The van der Waals surface area contributed by atoms with Crippen molar-refractivity contribution < 1.29 is 9.63 Å². The fourth-order valence-corrected chi connectivity index (χ4v) is 0.127. The average molecular weight is 141 g/mol. The number of rotatable bonds is 0. The molecule has 5 nitrogen and oxygen atoms in total. The van der Waals surface area contributed by atoms with Gasteiger partial charge in [-0.2, -0.15) is 5.48 Å². The maximum Gasteiger partial charge on any atom is 0.329 e. The van der Waals surface area contributed by atoms with Crippen molar-refractivity contribution in [3.05, 3.63) is 0 Å². The summed E-state index contributed by atoms with van der Waals surface area (Å²) in [4.78, 5) is 14.0. The lowest BCUT2D eigenvalue weighted by atomic mass is 10.8. The lowest BCUT2D eigenvalue weighted by Gasteiger charge is -1.98. The monoisotopic (exact) mass is 141 g/mol. The summed E-state index contributed by atoms with van der Waals surface area (Å²) >= 11 is 0. The van der Waals surface area contributed by atoms with Crippen molar-refractivity contribution in [1.82, 2.24) is 5.48 Å². The first kappa shape index (κ1) is 11.3. The summed E-state index contributed by atoms with van der Waals surface area (Å²) in [7, 11) is 0. The molecule has 0 aliphatic carbocycles. The number of hydrogen-bond donors (Lipinski definition) is 3. The lowest BCUT2D eigenvalue weighted by Crippen LogP contribution is -2.31. The first-order chi connectivity index (χ1) is 3.63. The fraction of sp³-hybridized carbons (Fsp3) is 0.333. The van der Waals surface area contributed by atoms with Gasteiger partial charge in [-0.25, -0.2) is 0 Å². The quantitative estimate of drug-likeness (QED) is 0.167. The molecule has 2 radical (unpaired) electrons. The molecule has 0 amide bonds. The third-order valence-electron chi connectivity index (χ3n) is 0.305. The second-order valence-electron chi connectivity index (χ2n) is 1.11. The highest BCUT2D eigenvalue weighted by molar-refractivity contribution is 5.76. The first-order valence-corrected chi connectivity index (χ1v) is 1.90. The summed E-state index contributed by atoms with van der Waals surface area (Å²) in [5, 5.41) is 6.48. The van der Waals surface area contributed by atoms with Crippen molar-refractivity contribution in [2.45, 2.75) is 6.92 Å². The lowest BCUT2D eigenvalue weighted by molar-refractivity contribution is -0.145. The van der Waals surface area contributed by atoms with E-state index in [0.717, 1.165) is 0 Å². The van der Waals surface area contributed by atoms with Crippen LogP contribution in [-0.4, -0.2) is 35.0 Å². The van der Waals surface area contributed by atoms with Crippen molar-refractivity contribution in [3.8, 4) is 0 Å². The molecule has 0 saturated heterocycles. The van der Waals surface area contributed by atoms with Gasteiger partial charge in [-0.05, 0) is 0 Å². The highest BCUT2D eigenvalue weighted by Gasteiger charge is 1.89. The van der Waals surface area contributed by atoms with Gasteiger partial charge in [0.15, 0.2) is 0 Å². The van der Waals surface area contributed by atoms with Gasteiger partial charge in [0, 0.05) is 30.0 Å². The molecule has 9 heavy (non-hydrogen) atoms. The van der Waals surface area contributed by atoms with Crippen LogP contribution in [0.3, 0.4) is 0 Å². The first-order valence-electron chi connectivity index (χ1n) is 1.90. The predicted molar refractivity (Wildman–Crippen MR) is 32.6 cm³/mol. The highest BCUT2D eigenvalue weighted by Crippen LogP contribution is 1.64. The Balaban J connectivity index is 0. The fourth-order valence-electron chi connectivity index (χ4n) is 0.127. The van der Waals surface area contributed by atoms with Crippen LogP contribution >= 0.6 is 0 Å². The van der Waals surface area contributed by atoms with Crippen LogP contribution in [0.1, 0.15) is 6.92 Å². The van der Waals surface area contributed by atoms with Gasteiger partial charge < -0.3 is 10.6 Å². The van der Waals surface area contributed by atoms with Crippen molar-refractivity contribution in [2.75, 3.05) is 0 Å². The Labute approximate surface area is 68.5 Å². The van der Waals surface area contributed by atoms with Gasteiger partial charge in [0.25, 0.3) is 0 Å². The average Bonchev–Trinajstić information content (AvgIpc) is 1.61. The van der Waals surface area contributed by atoms with E-state index in [1.54, 1.807) is 0 Å². The molecule has 0 unspecified atom stereocenters. The Kier molecular flexibility index (Phi) is 7.09. The van der Waals surface area contributed by atoms with Gasteiger partial charge in [-0.3, -0.25) is 10.2 Å². The van der Waals surface area contributed by atoms with Crippen LogP contribution in [0.5, 0.6) is 0 Å². The van der Waals surface area contributed by atoms with Crippen molar-refractivity contribution in [2.24, 2.45) is 5.73 Å². The molecule has 0 heterocycles. The second kappa shape index (κ2) is 5.64. The van der Waals surface area contributed by atoms with Crippen LogP contribution in [0.15, 0.2) is 0 Å². The van der Waals surface area contributed by atoms with E-state index in [2.05, 4.69) is 4.84 Å². The van der Waals surface area contributed by atoms with Crippen LogP contribution in [0, 0.1) is 5.41 Å². The number of carbonyl (C=O) groups is 1. The molecule has 0 rings (SSSR count). The van der Waals surface area contributed by atoms with Gasteiger partial charge in [0.1, 0.15) is 0 Å². The van der Waals surface area contributed by atoms with E-state index in [0.29, 0.717) is 0 Å². The minimum absolute atomic E-state index is 0. The molecule has 0 aliphatic rings. The molecule has 0 saturated carbocycles. The maximum atomic E-state index is 9.91. The third-order valence-corrected chi connectivity index (χ3v) is 0.305. The predicted octanol–water partition coefficient (Wildman–Crippen LogP) is -1.43. The third kappa shape index (κ3) is 11.2. The van der Waals surface area contributed by atoms with Crippen molar-refractivity contribution in [1.29, 1.82) is 5.41 Å². The van der Waals surface area contributed by atoms with Gasteiger partial charge in [0.2, 0.25) is 5.96 Å². The Morgan fingerprint density at radius 2 is 2.22 bits per heavy atom. The molecule has 48 valence electrons. The molecule has 0 aromatic carbocycles. The molecule has 0 atom stereocenters.